The van der Waals surface area contributed by atoms with Crippen LogP contribution in [0.1, 0.15) is 98.8 Å². The molecule has 0 aromatic carbocycles. The van der Waals surface area contributed by atoms with Crippen molar-refractivity contribution >= 4 is 0 Å². The molecule has 1 spiro atoms. The third kappa shape index (κ3) is 7.66. The highest BCUT2D eigenvalue weighted by atomic mass is 16.8. The van der Waals surface area contributed by atoms with E-state index in [1.165, 1.54) is 19.8 Å². The van der Waals surface area contributed by atoms with Gasteiger partial charge in [0.2, 0.25) is 0 Å². The molecule has 4 saturated carbocycles. The van der Waals surface area contributed by atoms with Crippen LogP contribution in [-0.2, 0) is 37.9 Å². The first-order chi connectivity index (χ1) is 29.4. The van der Waals surface area contributed by atoms with Crippen LogP contribution in [0.2, 0.25) is 0 Å². The first-order valence-corrected chi connectivity index (χ1v) is 23.7. The van der Waals surface area contributed by atoms with Crippen molar-refractivity contribution in [3.8, 4) is 0 Å². The van der Waals surface area contributed by atoms with Crippen LogP contribution in [0, 0.1) is 52.3 Å². The second-order valence-electron chi connectivity index (χ2n) is 21.5. The molecule has 0 aromatic heterocycles. The van der Waals surface area contributed by atoms with Crippen LogP contribution in [0.4, 0.5) is 0 Å². The van der Waals surface area contributed by atoms with Gasteiger partial charge in [-0.3, -0.25) is 0 Å². The zero-order valence-corrected chi connectivity index (χ0v) is 36.8. The predicted molar refractivity (Wildman–Crippen MR) is 214 cm³/mol. The summed E-state index contributed by atoms with van der Waals surface area (Å²) in [4.78, 5) is 0. The molecule has 0 radical (unpaired) electrons. The van der Waals surface area contributed by atoms with Crippen LogP contribution in [0.15, 0.2) is 0 Å². The number of hydrogen-bond acceptors (Lipinski definition) is 17. The fourth-order valence-corrected chi connectivity index (χ4v) is 14.5. The van der Waals surface area contributed by atoms with E-state index in [4.69, 9.17) is 37.9 Å². The Morgan fingerprint density at radius 1 is 0.613 bits per heavy atom. The molecule has 9 N–H and O–H groups in total. The molecule has 9 fully saturated rings. The van der Waals surface area contributed by atoms with Gasteiger partial charge in [0, 0.05) is 12.3 Å². The molecular formula is C45H74O17. The quantitative estimate of drug-likeness (QED) is 0.149. The van der Waals surface area contributed by atoms with Gasteiger partial charge in [0.25, 0.3) is 0 Å². The van der Waals surface area contributed by atoms with Gasteiger partial charge in [-0.05, 0) is 111 Å². The van der Waals surface area contributed by atoms with Crippen LogP contribution in [0.3, 0.4) is 0 Å². The van der Waals surface area contributed by atoms with Gasteiger partial charge in [-0.25, -0.2) is 0 Å². The van der Waals surface area contributed by atoms with E-state index < -0.39 is 111 Å². The zero-order valence-electron chi connectivity index (χ0n) is 36.8. The highest BCUT2D eigenvalue weighted by molar-refractivity contribution is 5.15. The second kappa shape index (κ2) is 17.4. The first kappa shape index (κ1) is 46.4. The van der Waals surface area contributed by atoms with Crippen molar-refractivity contribution in [3.63, 3.8) is 0 Å². The molecule has 0 aromatic rings. The minimum absolute atomic E-state index is 0.125. The lowest BCUT2D eigenvalue weighted by atomic mass is 9.44. The SMILES string of the molecule is C[C@@H]1CC[C@]2(OC1)O[C@@H]1C[C@@H]3[C@H]4CC[C@H]5C[C@@H](O[C@H]6O[C@@H](CO[C@@H]7O[C@H](CO)[C@H](O)[C@@H](O)[C@@H]7O)[C@H](O[C@@H]7O[C@H](C)[C@@H](O)[C@H](O)[C@@H]7O)[C@@H](O)[C@@H]6O)CC[C@@]5(C)[C@@H]4CC[C@@]3(C)[C@@H]1[C@H]2C. The molecule has 9 aliphatic rings. The molecule has 0 unspecified atom stereocenters. The Bertz CT molecular complexity index is 1550. The molecule has 17 heteroatoms. The van der Waals surface area contributed by atoms with Gasteiger partial charge in [0.1, 0.15) is 67.1 Å². The Hall–Kier alpha value is -0.680. The zero-order chi connectivity index (χ0) is 44.2. The normalized spacial score (nSPS) is 58.9. The summed E-state index contributed by atoms with van der Waals surface area (Å²) in [5.41, 5.74) is 0.353. The standard InChI is InChI=1S/C45H74O17/c1-19-8-13-45(56-17-19)20(2)30-27(62-45)15-26-24-7-6-22-14-23(9-11-43(22,4)25(24)10-12-44(26,30)5)58-42-38(54)35(51)39(61-41-37(53)33(49)31(47)21(3)57-41)29(60-42)18-55-40-36(52)34(50)32(48)28(16-46)59-40/h19-42,46-54H,6-18H2,1-5H3/t19-,20-,21-,22+,23+,24+,25-,26-,27-,28-,29+,30-,31-,32+,33+,34-,35+,36+,37+,38+,39+,40-,41+,42+,43-,44-,45+/m1/s1. The number of aliphatic hydroxyl groups is 9. The first-order valence-electron chi connectivity index (χ1n) is 23.7. The highest BCUT2D eigenvalue weighted by Crippen LogP contribution is 2.71. The van der Waals surface area contributed by atoms with E-state index in [0.717, 1.165) is 58.0 Å². The Morgan fingerprint density at radius 3 is 2.02 bits per heavy atom. The van der Waals surface area contributed by atoms with Crippen LogP contribution < -0.4 is 0 Å². The van der Waals surface area contributed by atoms with Gasteiger partial charge >= 0.3 is 0 Å². The monoisotopic (exact) mass is 886 g/mol. The molecule has 0 bridgehead atoms. The van der Waals surface area contributed by atoms with Crippen molar-refractivity contribution < 1.29 is 83.9 Å². The number of hydrogen-bond donors (Lipinski definition) is 9. The minimum atomic E-state index is -1.73. The third-order valence-corrected chi connectivity index (χ3v) is 18.2. The average Bonchev–Trinajstić information content (AvgIpc) is 3.70. The molecule has 27 atom stereocenters. The molecule has 62 heavy (non-hydrogen) atoms. The summed E-state index contributed by atoms with van der Waals surface area (Å²) in [5, 5.41) is 95.6. The maximum absolute atomic E-state index is 11.6. The summed E-state index contributed by atoms with van der Waals surface area (Å²) in [6.07, 6.45) is -12.2. The van der Waals surface area contributed by atoms with Crippen LogP contribution >= 0.6 is 0 Å². The van der Waals surface area contributed by atoms with Gasteiger partial charge < -0.3 is 83.9 Å². The molecule has 356 valence electrons. The lowest BCUT2D eigenvalue weighted by Gasteiger charge is -2.61. The number of aliphatic hydroxyl groups excluding tert-OH is 9. The number of ether oxygens (including phenoxy) is 8. The maximum atomic E-state index is 11.6. The molecule has 5 heterocycles. The maximum Gasteiger partial charge on any atom is 0.187 e. The second-order valence-corrected chi connectivity index (χ2v) is 21.5. The van der Waals surface area contributed by atoms with Gasteiger partial charge in [0.05, 0.1) is 38.1 Å². The Morgan fingerprint density at radius 2 is 1.29 bits per heavy atom. The molecule has 5 saturated heterocycles. The number of rotatable bonds is 8. The summed E-state index contributed by atoms with van der Waals surface area (Å²) >= 11 is 0. The van der Waals surface area contributed by atoms with E-state index in [0.29, 0.717) is 41.4 Å². The molecule has 4 aliphatic carbocycles. The van der Waals surface area contributed by atoms with E-state index in [1.807, 2.05) is 0 Å². The lowest BCUT2D eigenvalue weighted by molar-refractivity contribution is -0.369. The van der Waals surface area contributed by atoms with Crippen molar-refractivity contribution in [2.45, 2.75) is 209 Å². The van der Waals surface area contributed by atoms with Gasteiger partial charge in [-0.1, -0.05) is 27.7 Å². The molecule has 17 nitrogen and oxygen atoms in total. The van der Waals surface area contributed by atoms with Crippen molar-refractivity contribution in [1.29, 1.82) is 0 Å². The van der Waals surface area contributed by atoms with Crippen molar-refractivity contribution in [2.24, 2.45) is 52.3 Å². The third-order valence-electron chi connectivity index (χ3n) is 18.2. The van der Waals surface area contributed by atoms with E-state index >= 15 is 0 Å². The topological polar surface area (TPSA) is 256 Å². The van der Waals surface area contributed by atoms with Crippen LogP contribution in [0.5, 0.6) is 0 Å². The lowest BCUT2D eigenvalue weighted by Crippen LogP contribution is -2.65. The van der Waals surface area contributed by atoms with E-state index in [-0.39, 0.29) is 23.0 Å². The minimum Gasteiger partial charge on any atom is -0.394 e. The Kier molecular flexibility index (Phi) is 13.1. The summed E-state index contributed by atoms with van der Waals surface area (Å²) in [6, 6.07) is 0. The average molecular weight is 887 g/mol. The van der Waals surface area contributed by atoms with Crippen molar-refractivity contribution in [2.75, 3.05) is 19.8 Å². The molecule has 0 amide bonds. The fourth-order valence-electron chi connectivity index (χ4n) is 14.5. The van der Waals surface area contributed by atoms with Gasteiger partial charge in [0.15, 0.2) is 24.7 Å². The summed E-state index contributed by atoms with van der Waals surface area (Å²) in [5.74, 6) is 3.27. The molecule has 9 rings (SSSR count). The van der Waals surface area contributed by atoms with Gasteiger partial charge in [-0.15, -0.1) is 0 Å². The van der Waals surface area contributed by atoms with Crippen LogP contribution in [0.25, 0.3) is 0 Å². The molecule has 5 aliphatic heterocycles. The van der Waals surface area contributed by atoms with Gasteiger partial charge in [-0.2, -0.15) is 0 Å². The summed E-state index contributed by atoms with van der Waals surface area (Å²) < 4.78 is 49.4. The fraction of sp³-hybridized carbons (Fsp3) is 1.00. The molecular weight excluding hydrogens is 812 g/mol. The summed E-state index contributed by atoms with van der Waals surface area (Å²) in [6.45, 7) is 10.8. The van der Waals surface area contributed by atoms with E-state index in [2.05, 4.69) is 27.7 Å². The predicted octanol–water partition coefficient (Wildman–Crippen LogP) is 0.294. The Labute approximate surface area is 364 Å². The number of fused-ring (bicyclic) bond motifs is 7. The smallest absolute Gasteiger partial charge is 0.187 e. The summed E-state index contributed by atoms with van der Waals surface area (Å²) in [7, 11) is 0. The van der Waals surface area contributed by atoms with E-state index in [9.17, 15) is 46.0 Å². The van der Waals surface area contributed by atoms with Crippen molar-refractivity contribution in [1.82, 2.24) is 0 Å². The Balaban J connectivity index is 0.866. The highest BCUT2D eigenvalue weighted by Gasteiger charge is 2.69. The van der Waals surface area contributed by atoms with E-state index in [1.54, 1.807) is 0 Å². The van der Waals surface area contributed by atoms with Crippen molar-refractivity contribution in [3.05, 3.63) is 0 Å². The van der Waals surface area contributed by atoms with Crippen LogP contribution in [-0.4, -0.2) is 176 Å². The largest absolute Gasteiger partial charge is 0.394 e.